The monoisotopic (exact) mass is 318 g/mol. The van der Waals surface area contributed by atoms with E-state index in [1.54, 1.807) is 27.0 Å². The SMILES string of the molecule is C=C(O)c1c(NC(=O)OC(C)(C)C)oc2cc(C(C)C)cnc12. The van der Waals surface area contributed by atoms with Crippen molar-refractivity contribution in [3.63, 3.8) is 0 Å². The Labute approximate surface area is 135 Å². The number of nitrogens with zero attached hydrogens (tertiary/aromatic N) is 1. The Morgan fingerprint density at radius 1 is 1.43 bits per heavy atom. The van der Waals surface area contributed by atoms with Crippen LogP contribution in [0.3, 0.4) is 0 Å². The number of hydrogen-bond donors (Lipinski definition) is 2. The van der Waals surface area contributed by atoms with Gasteiger partial charge in [0.15, 0.2) is 5.58 Å². The quantitative estimate of drug-likeness (QED) is 0.792. The van der Waals surface area contributed by atoms with Crippen molar-refractivity contribution >= 4 is 28.8 Å². The zero-order valence-corrected chi connectivity index (χ0v) is 14.1. The number of anilines is 1. The van der Waals surface area contributed by atoms with Crippen LogP contribution in [0, 0.1) is 0 Å². The highest BCUT2D eigenvalue weighted by Crippen LogP contribution is 2.34. The van der Waals surface area contributed by atoms with Gasteiger partial charge in [-0.25, -0.2) is 4.79 Å². The summed E-state index contributed by atoms with van der Waals surface area (Å²) in [5.74, 6) is 0.106. The second-order valence-corrected chi connectivity index (χ2v) is 6.65. The van der Waals surface area contributed by atoms with Crippen LogP contribution in [-0.4, -0.2) is 21.8 Å². The maximum atomic E-state index is 11.9. The normalized spacial score (nSPS) is 11.7. The van der Waals surface area contributed by atoms with Crippen LogP contribution < -0.4 is 5.32 Å². The number of rotatable bonds is 3. The number of fused-ring (bicyclic) bond motifs is 1. The van der Waals surface area contributed by atoms with Crippen molar-refractivity contribution in [2.24, 2.45) is 0 Å². The lowest BCUT2D eigenvalue weighted by Crippen LogP contribution is -2.27. The van der Waals surface area contributed by atoms with Crippen LogP contribution in [0.1, 0.15) is 51.7 Å². The minimum Gasteiger partial charge on any atom is -0.508 e. The predicted molar refractivity (Wildman–Crippen MR) is 89.6 cm³/mol. The number of pyridine rings is 1. The number of ether oxygens (including phenoxy) is 1. The maximum Gasteiger partial charge on any atom is 0.414 e. The highest BCUT2D eigenvalue weighted by Gasteiger charge is 2.23. The number of carbonyl (C=O) groups is 1. The molecule has 2 heterocycles. The van der Waals surface area contributed by atoms with Crippen LogP contribution >= 0.6 is 0 Å². The molecule has 0 spiro atoms. The van der Waals surface area contributed by atoms with Crippen LogP contribution in [0.15, 0.2) is 23.3 Å². The van der Waals surface area contributed by atoms with E-state index in [1.807, 2.05) is 19.9 Å². The van der Waals surface area contributed by atoms with Gasteiger partial charge in [0.2, 0.25) is 5.88 Å². The minimum atomic E-state index is -0.678. The van der Waals surface area contributed by atoms with Crippen LogP contribution in [0.25, 0.3) is 16.9 Å². The Bertz CT molecular complexity index is 754. The molecule has 2 N–H and O–H groups in total. The largest absolute Gasteiger partial charge is 0.508 e. The van der Waals surface area contributed by atoms with Crippen molar-refractivity contribution in [3.05, 3.63) is 30.0 Å². The molecule has 6 nitrogen and oxygen atoms in total. The third-order valence-electron chi connectivity index (χ3n) is 3.12. The van der Waals surface area contributed by atoms with Gasteiger partial charge in [0.1, 0.15) is 22.4 Å². The van der Waals surface area contributed by atoms with Crippen molar-refractivity contribution < 1.29 is 19.1 Å². The summed E-state index contributed by atoms with van der Waals surface area (Å²) in [5, 5.41) is 12.3. The standard InChI is InChI=1S/C17H22N2O4/c1-9(2)11-7-12-14(18-8-11)13(10(3)20)15(22-12)19-16(21)23-17(4,5)6/h7-9,20H,3H2,1-2,4-6H3,(H,19,21). The molecule has 0 unspecified atom stereocenters. The van der Waals surface area contributed by atoms with Gasteiger partial charge in [0.05, 0.1) is 0 Å². The minimum absolute atomic E-state index is 0.0650. The Hall–Kier alpha value is -2.50. The number of aliphatic hydroxyl groups is 1. The van der Waals surface area contributed by atoms with Crippen molar-refractivity contribution in [2.75, 3.05) is 5.32 Å². The Morgan fingerprint density at radius 3 is 2.61 bits per heavy atom. The summed E-state index contributed by atoms with van der Waals surface area (Å²) >= 11 is 0. The zero-order chi connectivity index (χ0) is 17.4. The van der Waals surface area contributed by atoms with E-state index in [1.165, 1.54) is 0 Å². The highest BCUT2D eigenvalue weighted by atomic mass is 16.6. The first-order chi connectivity index (χ1) is 10.6. The highest BCUT2D eigenvalue weighted by molar-refractivity contribution is 5.96. The Morgan fingerprint density at radius 2 is 2.09 bits per heavy atom. The molecular formula is C17H22N2O4. The van der Waals surface area contributed by atoms with E-state index in [2.05, 4.69) is 16.9 Å². The molecule has 0 aliphatic heterocycles. The van der Waals surface area contributed by atoms with Gasteiger partial charge in [-0.1, -0.05) is 20.4 Å². The maximum absolute atomic E-state index is 11.9. The molecule has 0 saturated heterocycles. The fourth-order valence-corrected chi connectivity index (χ4v) is 2.06. The van der Waals surface area contributed by atoms with Crippen molar-refractivity contribution in [3.8, 4) is 0 Å². The van der Waals surface area contributed by atoms with Gasteiger partial charge >= 0.3 is 6.09 Å². The first kappa shape index (κ1) is 16.9. The molecule has 23 heavy (non-hydrogen) atoms. The molecule has 0 saturated carbocycles. The molecule has 2 aromatic heterocycles. The molecule has 0 aliphatic carbocycles. The van der Waals surface area contributed by atoms with Gasteiger partial charge in [-0.2, -0.15) is 0 Å². The summed E-state index contributed by atoms with van der Waals surface area (Å²) in [4.78, 5) is 16.2. The van der Waals surface area contributed by atoms with E-state index in [4.69, 9.17) is 9.15 Å². The van der Waals surface area contributed by atoms with Crippen LogP contribution in [-0.2, 0) is 4.74 Å². The molecule has 0 bridgehead atoms. The first-order valence-corrected chi connectivity index (χ1v) is 7.39. The summed E-state index contributed by atoms with van der Waals surface area (Å²) in [6, 6.07) is 1.83. The molecule has 0 aromatic carbocycles. The lowest BCUT2D eigenvalue weighted by Gasteiger charge is -2.19. The average Bonchev–Trinajstić information content (AvgIpc) is 2.72. The molecule has 0 fully saturated rings. The van der Waals surface area contributed by atoms with Gasteiger partial charge in [-0.05, 0) is 38.3 Å². The van der Waals surface area contributed by atoms with Gasteiger partial charge in [0.25, 0.3) is 0 Å². The van der Waals surface area contributed by atoms with Gasteiger partial charge in [-0.3, -0.25) is 10.3 Å². The third-order valence-corrected chi connectivity index (χ3v) is 3.12. The number of aliphatic hydroxyl groups excluding tert-OH is 1. The molecule has 0 atom stereocenters. The number of aromatic nitrogens is 1. The number of amides is 1. The van der Waals surface area contributed by atoms with Gasteiger partial charge in [-0.15, -0.1) is 0 Å². The summed E-state index contributed by atoms with van der Waals surface area (Å²) in [6.45, 7) is 12.9. The van der Waals surface area contributed by atoms with Crippen LogP contribution in [0.4, 0.5) is 10.7 Å². The average molecular weight is 318 g/mol. The second kappa shape index (κ2) is 5.95. The van der Waals surface area contributed by atoms with Crippen LogP contribution in [0.5, 0.6) is 0 Å². The summed E-state index contributed by atoms with van der Waals surface area (Å²) < 4.78 is 10.8. The predicted octanol–water partition coefficient (Wildman–Crippen LogP) is 4.83. The van der Waals surface area contributed by atoms with Crippen LogP contribution in [0.2, 0.25) is 0 Å². The second-order valence-electron chi connectivity index (χ2n) is 6.65. The zero-order valence-electron chi connectivity index (χ0n) is 14.1. The van der Waals surface area contributed by atoms with Gasteiger partial charge in [0, 0.05) is 6.20 Å². The van der Waals surface area contributed by atoms with E-state index in [-0.39, 0.29) is 23.1 Å². The summed E-state index contributed by atoms with van der Waals surface area (Å²) in [5.41, 5.74) is 1.50. The number of furan rings is 1. The lowest BCUT2D eigenvalue weighted by atomic mass is 10.1. The van der Waals surface area contributed by atoms with Gasteiger partial charge < -0.3 is 14.3 Å². The van der Waals surface area contributed by atoms with Crippen molar-refractivity contribution in [1.82, 2.24) is 4.98 Å². The summed E-state index contributed by atoms with van der Waals surface area (Å²) in [7, 11) is 0. The van der Waals surface area contributed by atoms with E-state index in [0.29, 0.717) is 11.1 Å². The number of nitrogens with one attached hydrogen (secondary N) is 1. The molecule has 1 amide bonds. The Kier molecular flexibility index (Phi) is 4.36. The van der Waals surface area contributed by atoms with Crippen molar-refractivity contribution in [2.45, 2.75) is 46.1 Å². The number of carbonyl (C=O) groups excluding carboxylic acids is 1. The smallest absolute Gasteiger partial charge is 0.414 e. The molecular weight excluding hydrogens is 296 g/mol. The number of hydrogen-bond acceptors (Lipinski definition) is 5. The van der Waals surface area contributed by atoms with E-state index < -0.39 is 11.7 Å². The molecule has 0 radical (unpaired) electrons. The topological polar surface area (TPSA) is 84.6 Å². The molecule has 6 heteroatoms. The Balaban J connectivity index is 2.44. The fraction of sp³-hybridized carbons (Fsp3) is 0.412. The molecule has 124 valence electrons. The fourth-order valence-electron chi connectivity index (χ4n) is 2.06. The molecule has 0 aliphatic rings. The molecule has 2 aromatic rings. The lowest BCUT2D eigenvalue weighted by molar-refractivity contribution is 0.0633. The van der Waals surface area contributed by atoms with E-state index in [0.717, 1.165) is 5.56 Å². The molecule has 2 rings (SSSR count). The van der Waals surface area contributed by atoms with Crippen molar-refractivity contribution in [1.29, 1.82) is 0 Å². The van der Waals surface area contributed by atoms with E-state index in [9.17, 15) is 9.90 Å². The third kappa shape index (κ3) is 3.83. The van der Waals surface area contributed by atoms with E-state index >= 15 is 0 Å². The summed E-state index contributed by atoms with van der Waals surface area (Å²) in [6.07, 6.45) is 1.04. The first-order valence-electron chi connectivity index (χ1n) is 7.39.